The van der Waals surface area contributed by atoms with Gasteiger partial charge < -0.3 is 5.73 Å². The monoisotopic (exact) mass is 304 g/mol. The summed E-state index contributed by atoms with van der Waals surface area (Å²) in [6, 6.07) is 10.1. The van der Waals surface area contributed by atoms with E-state index in [1.165, 1.54) is 17.4 Å². The Bertz CT molecular complexity index is 811. The Hall–Kier alpha value is -2.17. The average Bonchev–Trinajstić information content (AvgIpc) is 2.46. The van der Waals surface area contributed by atoms with Gasteiger partial charge in [-0.05, 0) is 37.3 Å². The predicted octanol–water partition coefficient (Wildman–Crippen LogP) is 1.60. The van der Waals surface area contributed by atoms with Gasteiger partial charge in [0.2, 0.25) is 10.0 Å². The van der Waals surface area contributed by atoms with E-state index < -0.39 is 10.0 Å². The van der Waals surface area contributed by atoms with Crippen molar-refractivity contribution in [2.45, 2.75) is 11.8 Å². The summed E-state index contributed by atoms with van der Waals surface area (Å²) in [5, 5.41) is 9.50. The molecule has 1 aromatic heterocycles. The molecule has 1 atom stereocenters. The van der Waals surface area contributed by atoms with Gasteiger partial charge >= 0.3 is 0 Å². The number of rotatable bonds is 4. The van der Waals surface area contributed by atoms with Gasteiger partial charge in [-0.1, -0.05) is 0 Å². The summed E-state index contributed by atoms with van der Waals surface area (Å²) in [5.74, 6) is 0.0183. The van der Waals surface area contributed by atoms with Gasteiger partial charge in [0.25, 0.3) is 0 Å². The molecule has 0 amide bonds. The first-order chi connectivity index (χ1) is 9.84. The Kier molecular flexibility index (Phi) is 4.11. The second-order valence-corrected chi connectivity index (χ2v) is 6.95. The van der Waals surface area contributed by atoms with Gasteiger partial charge in [-0.2, -0.15) is 9.57 Å². The molecule has 0 radical (unpaired) electrons. The molecule has 0 spiro atoms. The van der Waals surface area contributed by atoms with Crippen LogP contribution < -0.4 is 5.73 Å². The molecule has 1 heterocycles. The lowest BCUT2D eigenvalue weighted by Gasteiger charge is -2.18. The standard InChI is InChI=1S/C14H16N4O2S/c1-10(8-15)9-18(2)21(19,20)12-4-5-13-11(7-12)3-6-14(16)17-13/h3-7,10H,9H2,1-2H3,(H2,16,17). The number of sulfonamides is 1. The van der Waals surface area contributed by atoms with E-state index in [4.69, 9.17) is 11.0 Å². The van der Waals surface area contributed by atoms with E-state index in [2.05, 4.69) is 4.98 Å². The third-order valence-electron chi connectivity index (χ3n) is 3.14. The number of hydrogen-bond acceptors (Lipinski definition) is 5. The Morgan fingerprint density at radius 2 is 2.10 bits per heavy atom. The number of fused-ring (bicyclic) bond motifs is 1. The molecule has 2 rings (SSSR count). The third-order valence-corrected chi connectivity index (χ3v) is 4.96. The lowest BCUT2D eigenvalue weighted by molar-refractivity contribution is 0.439. The van der Waals surface area contributed by atoms with E-state index in [0.717, 1.165) is 0 Å². The van der Waals surface area contributed by atoms with Crippen LogP contribution >= 0.6 is 0 Å². The van der Waals surface area contributed by atoms with Crippen LogP contribution in [0.2, 0.25) is 0 Å². The summed E-state index contributed by atoms with van der Waals surface area (Å²) in [7, 11) is -2.16. The number of anilines is 1. The van der Waals surface area contributed by atoms with Gasteiger partial charge in [-0.15, -0.1) is 0 Å². The first kappa shape index (κ1) is 15.2. The van der Waals surface area contributed by atoms with E-state index in [1.54, 1.807) is 31.2 Å². The highest BCUT2D eigenvalue weighted by Gasteiger charge is 2.22. The minimum Gasteiger partial charge on any atom is -0.384 e. The molecular weight excluding hydrogens is 288 g/mol. The second-order valence-electron chi connectivity index (χ2n) is 4.91. The van der Waals surface area contributed by atoms with Crippen LogP contribution in [-0.2, 0) is 10.0 Å². The van der Waals surface area contributed by atoms with Crippen molar-refractivity contribution in [2.24, 2.45) is 5.92 Å². The molecule has 0 saturated carbocycles. The average molecular weight is 304 g/mol. The summed E-state index contributed by atoms with van der Waals surface area (Å²) in [5.41, 5.74) is 6.24. The molecule has 0 aliphatic carbocycles. The molecule has 2 N–H and O–H groups in total. The van der Waals surface area contributed by atoms with Crippen LogP contribution in [0.3, 0.4) is 0 Å². The molecule has 2 aromatic rings. The van der Waals surface area contributed by atoms with Crippen molar-refractivity contribution in [1.29, 1.82) is 5.26 Å². The number of nitrogens with two attached hydrogens (primary N) is 1. The number of nitrogen functional groups attached to an aromatic ring is 1. The van der Waals surface area contributed by atoms with Gasteiger partial charge in [0, 0.05) is 19.0 Å². The van der Waals surface area contributed by atoms with Crippen LogP contribution in [0.5, 0.6) is 0 Å². The molecule has 0 bridgehead atoms. The second kappa shape index (κ2) is 5.68. The van der Waals surface area contributed by atoms with Crippen molar-refractivity contribution in [3.63, 3.8) is 0 Å². The zero-order chi connectivity index (χ0) is 15.6. The molecule has 6 nitrogen and oxygen atoms in total. The summed E-state index contributed by atoms with van der Waals surface area (Å²) < 4.78 is 26.1. The largest absolute Gasteiger partial charge is 0.384 e. The highest BCUT2D eigenvalue weighted by atomic mass is 32.2. The predicted molar refractivity (Wildman–Crippen MR) is 80.7 cm³/mol. The highest BCUT2D eigenvalue weighted by Crippen LogP contribution is 2.21. The van der Waals surface area contributed by atoms with Crippen LogP contribution in [0.1, 0.15) is 6.92 Å². The molecule has 0 saturated heterocycles. The Labute approximate surface area is 123 Å². The lowest BCUT2D eigenvalue weighted by Crippen LogP contribution is -2.30. The summed E-state index contributed by atoms with van der Waals surface area (Å²) >= 11 is 0. The Morgan fingerprint density at radius 1 is 1.38 bits per heavy atom. The van der Waals surface area contributed by atoms with Crippen molar-refractivity contribution in [3.8, 4) is 6.07 Å². The number of nitriles is 1. The van der Waals surface area contributed by atoms with Crippen molar-refractivity contribution >= 4 is 26.7 Å². The zero-order valence-corrected chi connectivity index (χ0v) is 12.6. The van der Waals surface area contributed by atoms with Crippen molar-refractivity contribution in [3.05, 3.63) is 30.3 Å². The fourth-order valence-electron chi connectivity index (χ4n) is 1.98. The van der Waals surface area contributed by atoms with E-state index in [9.17, 15) is 8.42 Å². The smallest absolute Gasteiger partial charge is 0.242 e. The number of aromatic nitrogens is 1. The Balaban J connectivity index is 2.41. The third kappa shape index (κ3) is 3.12. The first-order valence-electron chi connectivity index (χ1n) is 6.37. The van der Waals surface area contributed by atoms with Crippen molar-refractivity contribution in [2.75, 3.05) is 19.3 Å². The van der Waals surface area contributed by atoms with Gasteiger partial charge in [0.15, 0.2) is 0 Å². The van der Waals surface area contributed by atoms with Crippen molar-refractivity contribution in [1.82, 2.24) is 9.29 Å². The molecule has 0 aliphatic rings. The maximum atomic E-state index is 12.5. The quantitative estimate of drug-likeness (QED) is 0.924. The SMILES string of the molecule is CC(C#N)CN(C)S(=O)(=O)c1ccc2nc(N)ccc2c1. The van der Waals surface area contributed by atoms with Gasteiger partial charge in [0.1, 0.15) is 5.82 Å². The van der Waals surface area contributed by atoms with Crippen LogP contribution in [0.25, 0.3) is 10.9 Å². The number of hydrogen-bond donors (Lipinski definition) is 1. The zero-order valence-electron chi connectivity index (χ0n) is 11.8. The summed E-state index contributed by atoms with van der Waals surface area (Å²) in [6.45, 7) is 1.83. The topological polar surface area (TPSA) is 100 Å². The number of pyridine rings is 1. The maximum Gasteiger partial charge on any atom is 0.242 e. The molecule has 21 heavy (non-hydrogen) atoms. The molecule has 1 aromatic carbocycles. The van der Waals surface area contributed by atoms with E-state index >= 15 is 0 Å². The van der Waals surface area contributed by atoms with Gasteiger partial charge in [0.05, 0.1) is 22.4 Å². The molecule has 7 heteroatoms. The maximum absolute atomic E-state index is 12.5. The minimum atomic E-state index is -3.62. The number of nitrogens with zero attached hydrogens (tertiary/aromatic N) is 3. The lowest BCUT2D eigenvalue weighted by atomic mass is 10.2. The fraction of sp³-hybridized carbons (Fsp3) is 0.286. The summed E-state index contributed by atoms with van der Waals surface area (Å²) in [6.07, 6.45) is 0. The number of benzene rings is 1. The normalized spacial score (nSPS) is 13.2. The first-order valence-corrected chi connectivity index (χ1v) is 7.81. The Morgan fingerprint density at radius 3 is 2.76 bits per heavy atom. The van der Waals surface area contributed by atoms with E-state index in [0.29, 0.717) is 16.7 Å². The van der Waals surface area contributed by atoms with Crippen LogP contribution in [0.15, 0.2) is 35.2 Å². The van der Waals surface area contributed by atoms with Gasteiger partial charge in [-0.25, -0.2) is 13.4 Å². The fourth-order valence-corrected chi connectivity index (χ4v) is 3.28. The van der Waals surface area contributed by atoms with E-state index in [1.807, 2.05) is 6.07 Å². The van der Waals surface area contributed by atoms with Gasteiger partial charge in [-0.3, -0.25) is 0 Å². The van der Waals surface area contributed by atoms with Crippen LogP contribution in [0.4, 0.5) is 5.82 Å². The molecule has 0 aliphatic heterocycles. The van der Waals surface area contributed by atoms with E-state index in [-0.39, 0.29) is 17.4 Å². The molecule has 1 unspecified atom stereocenters. The molecule has 0 fully saturated rings. The highest BCUT2D eigenvalue weighted by molar-refractivity contribution is 7.89. The summed E-state index contributed by atoms with van der Waals surface area (Å²) in [4.78, 5) is 4.31. The minimum absolute atomic E-state index is 0.150. The van der Waals surface area contributed by atoms with Crippen LogP contribution in [-0.4, -0.2) is 31.3 Å². The molecular formula is C14H16N4O2S. The van der Waals surface area contributed by atoms with Crippen molar-refractivity contribution < 1.29 is 8.42 Å². The van der Waals surface area contributed by atoms with Crippen LogP contribution in [0, 0.1) is 17.2 Å². The molecule has 110 valence electrons.